The third-order valence-corrected chi connectivity index (χ3v) is 8.19. The van der Waals surface area contributed by atoms with Gasteiger partial charge < -0.3 is 14.0 Å². The molecule has 0 bridgehead atoms. The molecule has 0 saturated carbocycles. The summed E-state index contributed by atoms with van der Waals surface area (Å²) >= 11 is 0. The van der Waals surface area contributed by atoms with Gasteiger partial charge in [-0.2, -0.15) is 5.26 Å². The lowest BCUT2D eigenvalue weighted by molar-refractivity contribution is 0.0479. The molecule has 4 aromatic rings. The van der Waals surface area contributed by atoms with E-state index in [1.807, 2.05) is 36.4 Å². The van der Waals surface area contributed by atoms with E-state index in [1.54, 1.807) is 25.1 Å². The van der Waals surface area contributed by atoms with E-state index < -0.39 is 5.82 Å². The van der Waals surface area contributed by atoms with Crippen LogP contribution in [0.25, 0.3) is 11.0 Å². The number of piperidine rings is 1. The molecule has 210 valence electrons. The minimum atomic E-state index is -0.461. The number of Topliss-reactive ketones (excluding diaryl/α,β-unsaturated/α-hetero) is 1. The summed E-state index contributed by atoms with van der Waals surface area (Å²) in [5.74, 6) is 1.32. The zero-order valence-corrected chi connectivity index (χ0v) is 23.2. The average molecular weight is 554 g/mol. The number of benzene rings is 2. The van der Waals surface area contributed by atoms with Gasteiger partial charge >= 0.3 is 0 Å². The van der Waals surface area contributed by atoms with Crippen LogP contribution in [-0.4, -0.2) is 51.5 Å². The van der Waals surface area contributed by atoms with Crippen LogP contribution in [0.5, 0.6) is 5.88 Å². The van der Waals surface area contributed by atoms with Gasteiger partial charge in [-0.1, -0.05) is 12.1 Å². The van der Waals surface area contributed by atoms with Crippen LogP contribution < -0.4 is 4.74 Å². The molecule has 0 aliphatic carbocycles. The molecule has 8 nitrogen and oxygen atoms in total. The molecule has 2 atom stereocenters. The first kappa shape index (κ1) is 27.1. The Kier molecular flexibility index (Phi) is 7.52. The molecular formula is C32H32FN5O3. The summed E-state index contributed by atoms with van der Waals surface area (Å²) < 4.78 is 28.4. The average Bonchev–Trinajstić information content (AvgIpc) is 3.29. The number of halogens is 1. The Hall–Kier alpha value is -4.13. The van der Waals surface area contributed by atoms with Gasteiger partial charge in [0.05, 0.1) is 48.0 Å². The quantitative estimate of drug-likeness (QED) is 0.281. The molecule has 0 unspecified atom stereocenters. The second kappa shape index (κ2) is 11.4. The fourth-order valence-electron chi connectivity index (χ4n) is 5.93. The number of likely N-dealkylation sites (tertiary alicyclic amines) is 1. The third kappa shape index (κ3) is 5.45. The Morgan fingerprint density at radius 3 is 2.71 bits per heavy atom. The number of ether oxygens (including phenoxy) is 2. The van der Waals surface area contributed by atoms with Crippen molar-refractivity contribution in [3.8, 4) is 11.9 Å². The zero-order chi connectivity index (χ0) is 28.5. The Labute approximate surface area is 238 Å². The molecule has 2 aliphatic heterocycles. The second-order valence-corrected chi connectivity index (χ2v) is 10.9. The van der Waals surface area contributed by atoms with Crippen LogP contribution in [0.4, 0.5) is 4.39 Å². The summed E-state index contributed by atoms with van der Waals surface area (Å²) in [7, 11) is 0. The normalized spacial score (nSPS) is 19.9. The molecule has 2 aromatic carbocycles. The van der Waals surface area contributed by atoms with Crippen molar-refractivity contribution >= 4 is 16.8 Å². The standard InChI is InChI=1S/C32H32FN5O3/c1-20-17-40-19-30(32-36-28-9-8-24(21(2)39)15-29(28)38(20)32)37-12-10-23(11-13-37)27-4-3-5-31(35-27)41-18-25-7-6-22(16-34)14-26(25)33/h3-9,14-15,20,23,30H,10-13,17-19H2,1-2H3/t20-,30-/m0/s1. The summed E-state index contributed by atoms with van der Waals surface area (Å²) in [5, 5.41) is 8.95. The molecule has 0 radical (unpaired) electrons. The first-order chi connectivity index (χ1) is 19.9. The molecule has 1 saturated heterocycles. The lowest BCUT2D eigenvalue weighted by atomic mass is 9.92. The summed E-state index contributed by atoms with van der Waals surface area (Å²) in [6.45, 7) is 6.68. The van der Waals surface area contributed by atoms with Gasteiger partial charge in [0.25, 0.3) is 0 Å². The SMILES string of the molecule is CC(=O)c1ccc2nc3n(c2c1)[C@@H](C)COC[C@@H]3N1CCC(c2cccc(OCc3ccc(C#N)cc3F)n2)CC1. The Morgan fingerprint density at radius 2 is 1.95 bits per heavy atom. The van der Waals surface area contributed by atoms with E-state index in [1.165, 1.54) is 6.07 Å². The predicted octanol–water partition coefficient (Wildman–Crippen LogP) is 5.74. The van der Waals surface area contributed by atoms with Crippen LogP contribution in [0, 0.1) is 17.1 Å². The van der Waals surface area contributed by atoms with E-state index in [4.69, 9.17) is 24.7 Å². The van der Waals surface area contributed by atoms with E-state index in [0.29, 0.717) is 30.2 Å². The van der Waals surface area contributed by atoms with E-state index in [9.17, 15) is 9.18 Å². The number of hydrogen-bond acceptors (Lipinski definition) is 7. The summed E-state index contributed by atoms with van der Waals surface area (Å²) in [4.78, 5) is 24.3. The number of pyridine rings is 1. The van der Waals surface area contributed by atoms with Crippen molar-refractivity contribution in [3.05, 3.63) is 88.6 Å². The first-order valence-electron chi connectivity index (χ1n) is 14.0. The van der Waals surface area contributed by atoms with Gasteiger partial charge in [0.15, 0.2) is 5.78 Å². The molecule has 1 fully saturated rings. The van der Waals surface area contributed by atoms with Gasteiger partial charge in [-0.05, 0) is 76.2 Å². The molecule has 2 aromatic heterocycles. The smallest absolute Gasteiger partial charge is 0.213 e. The predicted molar refractivity (Wildman–Crippen MR) is 151 cm³/mol. The second-order valence-electron chi connectivity index (χ2n) is 10.9. The largest absolute Gasteiger partial charge is 0.473 e. The number of nitrogens with zero attached hydrogens (tertiary/aromatic N) is 5. The minimum Gasteiger partial charge on any atom is -0.473 e. The maximum absolute atomic E-state index is 14.3. The number of rotatable bonds is 6. The topological polar surface area (TPSA) is 93.3 Å². The van der Waals surface area contributed by atoms with Crippen molar-refractivity contribution < 1.29 is 18.7 Å². The molecule has 0 spiro atoms. The number of hydrogen-bond donors (Lipinski definition) is 0. The highest BCUT2D eigenvalue weighted by Crippen LogP contribution is 2.36. The van der Waals surface area contributed by atoms with Crippen LogP contribution in [-0.2, 0) is 11.3 Å². The molecule has 2 aliphatic rings. The molecule has 41 heavy (non-hydrogen) atoms. The first-order valence-corrected chi connectivity index (χ1v) is 14.0. The number of ketones is 1. The lowest BCUT2D eigenvalue weighted by Crippen LogP contribution is -2.38. The van der Waals surface area contributed by atoms with Crippen molar-refractivity contribution in [2.45, 2.75) is 51.3 Å². The van der Waals surface area contributed by atoms with Crippen LogP contribution >= 0.6 is 0 Å². The molecule has 9 heteroatoms. The number of aromatic nitrogens is 3. The number of fused-ring (bicyclic) bond motifs is 3. The highest BCUT2D eigenvalue weighted by Gasteiger charge is 2.34. The van der Waals surface area contributed by atoms with E-state index >= 15 is 0 Å². The zero-order valence-electron chi connectivity index (χ0n) is 23.2. The Bertz CT molecular complexity index is 1640. The lowest BCUT2D eigenvalue weighted by Gasteiger charge is -2.36. The van der Waals surface area contributed by atoms with Crippen molar-refractivity contribution in [1.29, 1.82) is 5.26 Å². The highest BCUT2D eigenvalue weighted by molar-refractivity contribution is 5.97. The fraction of sp³-hybridized carbons (Fsp3) is 0.375. The minimum absolute atomic E-state index is 0.0269. The molecule has 4 heterocycles. The molecule has 0 amide bonds. The van der Waals surface area contributed by atoms with Crippen LogP contribution in [0.15, 0.2) is 54.6 Å². The van der Waals surface area contributed by atoms with Crippen molar-refractivity contribution in [1.82, 2.24) is 19.4 Å². The Morgan fingerprint density at radius 1 is 1.12 bits per heavy atom. The summed E-state index contributed by atoms with van der Waals surface area (Å²) in [6, 6.07) is 17.9. The van der Waals surface area contributed by atoms with E-state index in [0.717, 1.165) is 48.5 Å². The maximum Gasteiger partial charge on any atom is 0.213 e. The van der Waals surface area contributed by atoms with Crippen molar-refractivity contribution in [2.24, 2.45) is 0 Å². The van der Waals surface area contributed by atoms with Crippen LogP contribution in [0.1, 0.15) is 77.7 Å². The van der Waals surface area contributed by atoms with Gasteiger partial charge in [-0.15, -0.1) is 0 Å². The van der Waals surface area contributed by atoms with Gasteiger partial charge in [0, 0.05) is 28.8 Å². The number of carbonyl (C=O) groups excluding carboxylic acids is 1. The van der Waals surface area contributed by atoms with Crippen LogP contribution in [0.3, 0.4) is 0 Å². The highest BCUT2D eigenvalue weighted by atomic mass is 19.1. The fourth-order valence-corrected chi connectivity index (χ4v) is 5.93. The molecule has 6 rings (SSSR count). The van der Waals surface area contributed by atoms with Gasteiger partial charge in [-0.25, -0.2) is 14.4 Å². The van der Waals surface area contributed by atoms with E-state index in [-0.39, 0.29) is 36.0 Å². The van der Waals surface area contributed by atoms with Crippen LogP contribution in [0.2, 0.25) is 0 Å². The maximum atomic E-state index is 14.3. The third-order valence-electron chi connectivity index (χ3n) is 8.19. The molecular weight excluding hydrogens is 521 g/mol. The molecule has 0 N–H and O–H groups in total. The number of imidazole rings is 1. The number of carbonyl (C=O) groups is 1. The Balaban J connectivity index is 1.15. The summed E-state index contributed by atoms with van der Waals surface area (Å²) in [5.41, 5.74) is 4.20. The van der Waals surface area contributed by atoms with Crippen molar-refractivity contribution in [2.75, 3.05) is 26.3 Å². The monoisotopic (exact) mass is 553 g/mol. The van der Waals surface area contributed by atoms with Gasteiger partial charge in [0.2, 0.25) is 5.88 Å². The van der Waals surface area contributed by atoms with E-state index in [2.05, 4.69) is 16.4 Å². The van der Waals surface area contributed by atoms with Crippen molar-refractivity contribution in [3.63, 3.8) is 0 Å². The van der Waals surface area contributed by atoms with Gasteiger partial charge in [0.1, 0.15) is 18.2 Å². The van der Waals surface area contributed by atoms with Gasteiger partial charge in [-0.3, -0.25) is 9.69 Å². The number of nitriles is 1. The summed E-state index contributed by atoms with van der Waals surface area (Å²) in [6.07, 6.45) is 1.86.